The van der Waals surface area contributed by atoms with E-state index in [9.17, 15) is 43.2 Å². The molecule has 0 saturated heterocycles. The third-order valence-electron chi connectivity index (χ3n) is 16.4. The molecule has 19 heteroatoms. The minimum atomic E-state index is -5.01. The number of carbonyl (C=O) groups excluding carboxylic acids is 4. The highest BCUT2D eigenvalue weighted by Gasteiger charge is 2.30. The van der Waals surface area contributed by atoms with Gasteiger partial charge in [0.15, 0.2) is 12.2 Å². The summed E-state index contributed by atoms with van der Waals surface area (Å²) in [6.45, 7) is 4.36. The van der Waals surface area contributed by atoms with Crippen LogP contribution in [0.2, 0.25) is 0 Å². The van der Waals surface area contributed by atoms with Crippen LogP contribution in [0.15, 0.2) is 182 Å². The molecule has 5 unspecified atom stereocenters. The smallest absolute Gasteiger partial charge is 0.462 e. The van der Waals surface area contributed by atoms with Crippen molar-refractivity contribution in [2.75, 3.05) is 39.6 Å². The Morgan fingerprint density at radius 3 is 0.806 bits per heavy atom. The summed E-state index contributed by atoms with van der Waals surface area (Å²) in [6, 6.07) is 0. The Kier molecular flexibility index (Phi) is 75.0. The topological polar surface area (TPSA) is 237 Å². The van der Waals surface area contributed by atoms with Crippen molar-refractivity contribution < 1.29 is 80.2 Å². The van der Waals surface area contributed by atoms with E-state index in [1.165, 1.54) is 12.8 Å². The van der Waals surface area contributed by atoms with E-state index in [1.807, 2.05) is 18.2 Å². The first-order chi connectivity index (χ1) is 52.7. The summed E-state index contributed by atoms with van der Waals surface area (Å²) < 4.78 is 68.6. The summed E-state index contributed by atoms with van der Waals surface area (Å²) in [5.41, 5.74) is 0. The van der Waals surface area contributed by atoms with Crippen LogP contribution in [0.25, 0.3) is 0 Å². The highest BCUT2D eigenvalue weighted by molar-refractivity contribution is 7.47. The number of rotatable bonds is 75. The fourth-order valence-electron chi connectivity index (χ4n) is 10.2. The standard InChI is InChI=1S/C89H144O17P2/c1-5-9-13-17-21-25-29-32-35-38-41-44-47-50-54-57-61-65-69-73-86(91)99-79-84(105-88(93)75-71-67-63-59-53-28-24-20-16-12-8-4)81-103-107(95,96)101-77-83(90)78-102-108(97,98)104-82-85(106-89(94)76-72-68-64-60-56-52-49-46-43-40-37-34-31-27-23-19-15-11-7-3)80-100-87(92)74-70-66-62-58-55-51-48-45-42-39-36-33-30-26-22-18-14-10-6-2/h9-11,13-15,20-27,32-37,41-46,51,55,62,66,83-85,90H,5-8,12,16-19,28-31,38-40,47-50,52-54,56-61,63-65,67-82H2,1-4H3,(H,95,96)(H,97,98)/b13-9-,14-10-,15-11-,24-20-,25-21-,26-22-,27-23-,35-32-,36-33-,37-34-,44-41-,45-42-,46-43-,55-51-,66-62-. The summed E-state index contributed by atoms with van der Waals surface area (Å²) in [5, 5.41) is 10.7. The zero-order valence-corrected chi connectivity index (χ0v) is 68.7. The molecule has 0 heterocycles. The Bertz CT molecular complexity index is 2760. The molecule has 17 nitrogen and oxygen atoms in total. The van der Waals surface area contributed by atoms with Gasteiger partial charge in [-0.25, -0.2) is 9.13 Å². The third kappa shape index (κ3) is 78.3. The predicted octanol–water partition coefficient (Wildman–Crippen LogP) is 24.3. The second-order valence-corrected chi connectivity index (χ2v) is 29.5. The Morgan fingerprint density at radius 1 is 0.269 bits per heavy atom. The van der Waals surface area contributed by atoms with E-state index in [2.05, 4.69) is 192 Å². The molecule has 0 aromatic heterocycles. The molecule has 0 aromatic rings. The minimum absolute atomic E-state index is 0.0260. The molecule has 0 aliphatic carbocycles. The van der Waals surface area contributed by atoms with Crippen molar-refractivity contribution in [1.82, 2.24) is 0 Å². The van der Waals surface area contributed by atoms with Gasteiger partial charge >= 0.3 is 39.5 Å². The third-order valence-corrected chi connectivity index (χ3v) is 18.3. The van der Waals surface area contributed by atoms with Crippen molar-refractivity contribution in [1.29, 1.82) is 0 Å². The van der Waals surface area contributed by atoms with E-state index in [-0.39, 0.29) is 25.7 Å². The molecule has 0 aliphatic rings. The van der Waals surface area contributed by atoms with Crippen molar-refractivity contribution >= 4 is 39.5 Å². The van der Waals surface area contributed by atoms with E-state index >= 15 is 0 Å². The molecule has 612 valence electrons. The van der Waals surface area contributed by atoms with Crippen LogP contribution < -0.4 is 0 Å². The first-order valence-corrected chi connectivity index (χ1v) is 44.0. The lowest BCUT2D eigenvalue weighted by Crippen LogP contribution is -2.30. The highest BCUT2D eigenvalue weighted by atomic mass is 31.2. The molecule has 3 N–H and O–H groups in total. The maximum atomic E-state index is 13.1. The summed E-state index contributed by atoms with van der Waals surface area (Å²) in [5.74, 6) is -2.33. The number of ether oxygens (including phenoxy) is 4. The Hall–Kier alpha value is -5.84. The van der Waals surface area contributed by atoms with E-state index in [0.29, 0.717) is 32.1 Å². The number of hydrogen-bond acceptors (Lipinski definition) is 15. The number of phosphoric ester groups is 2. The lowest BCUT2D eigenvalue weighted by molar-refractivity contribution is -0.161. The maximum absolute atomic E-state index is 13.1. The quantitative estimate of drug-likeness (QED) is 0.0169. The van der Waals surface area contributed by atoms with E-state index in [1.54, 1.807) is 0 Å². The largest absolute Gasteiger partial charge is 0.472 e. The second-order valence-electron chi connectivity index (χ2n) is 26.6. The fourth-order valence-corrected chi connectivity index (χ4v) is 11.8. The number of aliphatic hydroxyl groups excluding tert-OH is 1. The van der Waals surface area contributed by atoms with Crippen LogP contribution in [0.3, 0.4) is 0 Å². The average molecular weight is 1550 g/mol. The van der Waals surface area contributed by atoms with E-state index < -0.39 is 97.5 Å². The zero-order chi connectivity index (χ0) is 78.9. The second kappa shape index (κ2) is 79.3. The van der Waals surface area contributed by atoms with Crippen LogP contribution in [0.5, 0.6) is 0 Å². The maximum Gasteiger partial charge on any atom is 0.472 e. The molecule has 0 aromatic carbocycles. The van der Waals surface area contributed by atoms with E-state index in [0.717, 1.165) is 199 Å². The minimum Gasteiger partial charge on any atom is -0.462 e. The number of carbonyl (C=O) groups is 4. The van der Waals surface area contributed by atoms with Gasteiger partial charge in [-0.3, -0.25) is 37.3 Å². The van der Waals surface area contributed by atoms with Gasteiger partial charge in [-0.15, -0.1) is 0 Å². The number of phosphoric acid groups is 2. The van der Waals surface area contributed by atoms with Crippen LogP contribution in [0.4, 0.5) is 0 Å². The van der Waals surface area contributed by atoms with Gasteiger partial charge in [-0.1, -0.05) is 293 Å². The molecule has 5 atom stereocenters. The lowest BCUT2D eigenvalue weighted by atomic mass is 10.1. The number of allylic oxidation sites excluding steroid dienone is 30. The Labute approximate surface area is 654 Å². The highest BCUT2D eigenvalue weighted by Crippen LogP contribution is 2.45. The normalized spacial score (nSPS) is 14.8. The van der Waals surface area contributed by atoms with Gasteiger partial charge in [0.05, 0.1) is 26.4 Å². The lowest BCUT2D eigenvalue weighted by Gasteiger charge is -2.21. The molecule has 0 rings (SSSR count). The summed E-state index contributed by atoms with van der Waals surface area (Å²) >= 11 is 0. The van der Waals surface area contributed by atoms with Crippen LogP contribution >= 0.6 is 15.6 Å². The van der Waals surface area contributed by atoms with E-state index in [4.69, 9.17) is 37.0 Å². The molecule has 0 spiro atoms. The monoisotopic (exact) mass is 1550 g/mol. The Balaban J connectivity index is 5.44. The average Bonchev–Trinajstić information content (AvgIpc) is 0.917. The number of hydrogen-bond donors (Lipinski definition) is 3. The van der Waals surface area contributed by atoms with Crippen molar-refractivity contribution in [3.8, 4) is 0 Å². The first-order valence-electron chi connectivity index (χ1n) is 41.0. The first kappa shape index (κ1) is 102. The summed E-state index contributed by atoms with van der Waals surface area (Å²) in [4.78, 5) is 73.1. The summed E-state index contributed by atoms with van der Waals surface area (Å²) in [6.07, 6.45) is 96.0. The van der Waals surface area contributed by atoms with Gasteiger partial charge in [0.2, 0.25) is 0 Å². The van der Waals surface area contributed by atoms with Gasteiger partial charge in [-0.2, -0.15) is 0 Å². The Morgan fingerprint density at radius 2 is 0.500 bits per heavy atom. The van der Waals surface area contributed by atoms with Crippen LogP contribution in [0, 0.1) is 0 Å². The molecule has 0 radical (unpaired) electrons. The van der Waals surface area contributed by atoms with Gasteiger partial charge in [0.1, 0.15) is 19.3 Å². The summed E-state index contributed by atoms with van der Waals surface area (Å²) in [7, 11) is -10.0. The molecule has 0 saturated carbocycles. The van der Waals surface area contributed by atoms with Gasteiger partial charge in [0.25, 0.3) is 0 Å². The number of unbranched alkanes of at least 4 members (excludes halogenated alkanes) is 19. The molecule has 0 amide bonds. The van der Waals surface area contributed by atoms with Crippen LogP contribution in [0.1, 0.15) is 297 Å². The zero-order valence-electron chi connectivity index (χ0n) is 66.9. The van der Waals surface area contributed by atoms with Gasteiger partial charge < -0.3 is 33.8 Å². The number of aliphatic hydroxyl groups is 1. The molecule has 0 fully saturated rings. The molecule has 0 aliphatic heterocycles. The van der Waals surface area contributed by atoms with Crippen LogP contribution in [-0.2, 0) is 65.4 Å². The van der Waals surface area contributed by atoms with Crippen molar-refractivity contribution in [3.05, 3.63) is 182 Å². The van der Waals surface area contributed by atoms with Crippen molar-refractivity contribution in [2.24, 2.45) is 0 Å². The SMILES string of the molecule is CC/C=C\C/C=C\C/C=C\C/C=C\C/C=C\C/C=C\CCC(=O)OCC(COP(=O)(O)OCC(O)COP(=O)(O)OCC(COC(=O)CCCCCCCC/C=C\C/C=C\C/C=C\C/C=C\CC)OC(=O)CCCCCCC/C=C\CCCC)OC(=O)CCCCCCCC/C=C\C/C=C\C/C=C\C/C=C\CC. The van der Waals surface area contributed by atoms with Gasteiger partial charge in [0, 0.05) is 25.7 Å². The molecule has 0 bridgehead atoms. The fraction of sp³-hybridized carbons (Fsp3) is 0.618. The molecular formula is C89H144O17P2. The molecular weight excluding hydrogens is 1400 g/mol. The van der Waals surface area contributed by atoms with Crippen molar-refractivity contribution in [3.63, 3.8) is 0 Å². The van der Waals surface area contributed by atoms with Gasteiger partial charge in [-0.05, 0) is 161 Å². The number of esters is 4. The van der Waals surface area contributed by atoms with Crippen molar-refractivity contribution in [2.45, 2.75) is 316 Å². The predicted molar refractivity (Wildman–Crippen MR) is 445 cm³/mol. The molecule has 108 heavy (non-hydrogen) atoms. The van der Waals surface area contributed by atoms with Crippen LogP contribution in [-0.4, -0.2) is 96.7 Å².